The van der Waals surface area contributed by atoms with E-state index in [-0.39, 0.29) is 18.9 Å². The van der Waals surface area contributed by atoms with Crippen LogP contribution in [0.2, 0.25) is 0 Å². The molecule has 0 spiro atoms. The molecular weight excluding hydrogens is 256 g/mol. The molecule has 0 aliphatic carbocycles. The SMILES string of the molecule is CCCCNC(=O)[C@@H](N)CC(=O)OCc1ccccc1. The summed E-state index contributed by atoms with van der Waals surface area (Å²) in [5, 5.41) is 2.69. The van der Waals surface area contributed by atoms with Crippen LogP contribution in [0, 0.1) is 0 Å². The Morgan fingerprint density at radius 1 is 1.30 bits per heavy atom. The first kappa shape index (κ1) is 16.2. The molecule has 0 radical (unpaired) electrons. The lowest BCUT2D eigenvalue weighted by atomic mass is 10.2. The monoisotopic (exact) mass is 278 g/mol. The third-order valence-corrected chi connectivity index (χ3v) is 2.80. The van der Waals surface area contributed by atoms with Crippen molar-refractivity contribution >= 4 is 11.9 Å². The number of nitrogens with one attached hydrogen (secondary N) is 1. The van der Waals surface area contributed by atoms with E-state index in [9.17, 15) is 9.59 Å². The lowest BCUT2D eigenvalue weighted by molar-refractivity contribution is -0.146. The second kappa shape index (κ2) is 9.09. The van der Waals surface area contributed by atoms with Gasteiger partial charge in [-0.1, -0.05) is 43.7 Å². The van der Waals surface area contributed by atoms with E-state index in [0.717, 1.165) is 18.4 Å². The van der Waals surface area contributed by atoms with E-state index in [0.29, 0.717) is 6.54 Å². The maximum absolute atomic E-state index is 11.6. The van der Waals surface area contributed by atoms with Crippen molar-refractivity contribution in [1.82, 2.24) is 5.32 Å². The van der Waals surface area contributed by atoms with Crippen molar-refractivity contribution in [2.75, 3.05) is 6.54 Å². The Morgan fingerprint density at radius 3 is 2.65 bits per heavy atom. The topological polar surface area (TPSA) is 81.4 Å². The first-order valence-corrected chi connectivity index (χ1v) is 6.86. The highest BCUT2D eigenvalue weighted by Crippen LogP contribution is 2.02. The zero-order chi connectivity index (χ0) is 14.8. The van der Waals surface area contributed by atoms with Crippen LogP contribution in [0.15, 0.2) is 30.3 Å². The van der Waals surface area contributed by atoms with Crippen LogP contribution >= 0.6 is 0 Å². The molecule has 1 aromatic carbocycles. The summed E-state index contributed by atoms with van der Waals surface area (Å²) in [5.74, 6) is -0.776. The van der Waals surface area contributed by atoms with Gasteiger partial charge in [0.05, 0.1) is 12.5 Å². The molecule has 1 aromatic rings. The molecule has 0 aromatic heterocycles. The molecule has 1 amide bonds. The lowest BCUT2D eigenvalue weighted by Gasteiger charge is -2.11. The summed E-state index contributed by atoms with van der Waals surface area (Å²) >= 11 is 0. The quantitative estimate of drug-likeness (QED) is 0.556. The number of carbonyl (C=O) groups is 2. The second-order valence-corrected chi connectivity index (χ2v) is 4.60. The normalized spacial score (nSPS) is 11.7. The van der Waals surface area contributed by atoms with Crippen molar-refractivity contribution in [2.45, 2.75) is 38.8 Å². The molecule has 0 saturated heterocycles. The molecule has 0 aliphatic heterocycles. The van der Waals surface area contributed by atoms with Gasteiger partial charge in [-0.15, -0.1) is 0 Å². The Labute approximate surface area is 119 Å². The number of carbonyl (C=O) groups excluding carboxylic acids is 2. The standard InChI is InChI=1S/C15H22N2O3/c1-2-3-9-17-15(19)13(16)10-14(18)20-11-12-7-5-4-6-8-12/h4-8,13H,2-3,9-11,16H2,1H3,(H,17,19)/t13-/m0/s1. The molecule has 0 saturated carbocycles. The first-order valence-electron chi connectivity index (χ1n) is 6.86. The predicted octanol–water partition coefficient (Wildman–Crippen LogP) is 1.36. The number of amides is 1. The Hall–Kier alpha value is -1.88. The van der Waals surface area contributed by atoms with Crippen LogP contribution in [0.1, 0.15) is 31.7 Å². The molecule has 0 bridgehead atoms. The fraction of sp³-hybridized carbons (Fsp3) is 0.467. The molecular formula is C15H22N2O3. The van der Waals surface area contributed by atoms with Crippen molar-refractivity contribution in [3.8, 4) is 0 Å². The van der Waals surface area contributed by atoms with Gasteiger partial charge in [-0.2, -0.15) is 0 Å². The third-order valence-electron chi connectivity index (χ3n) is 2.80. The van der Waals surface area contributed by atoms with Crippen LogP contribution in [0.4, 0.5) is 0 Å². The summed E-state index contributed by atoms with van der Waals surface area (Å²) in [4.78, 5) is 23.2. The van der Waals surface area contributed by atoms with Gasteiger partial charge in [0, 0.05) is 6.54 Å². The molecule has 110 valence electrons. The average molecular weight is 278 g/mol. The van der Waals surface area contributed by atoms with Crippen molar-refractivity contribution in [3.63, 3.8) is 0 Å². The predicted molar refractivity (Wildman–Crippen MR) is 76.7 cm³/mol. The number of hydrogen-bond acceptors (Lipinski definition) is 4. The van der Waals surface area contributed by atoms with Gasteiger partial charge in [-0.05, 0) is 12.0 Å². The van der Waals surface area contributed by atoms with Gasteiger partial charge in [0.1, 0.15) is 6.61 Å². The maximum Gasteiger partial charge on any atom is 0.308 e. The van der Waals surface area contributed by atoms with E-state index in [4.69, 9.17) is 10.5 Å². The number of ether oxygens (including phenoxy) is 1. The van der Waals surface area contributed by atoms with Crippen LogP contribution in [0.5, 0.6) is 0 Å². The molecule has 20 heavy (non-hydrogen) atoms. The van der Waals surface area contributed by atoms with Crippen molar-refractivity contribution in [1.29, 1.82) is 0 Å². The number of esters is 1. The highest BCUT2D eigenvalue weighted by Gasteiger charge is 2.17. The van der Waals surface area contributed by atoms with E-state index in [1.54, 1.807) is 0 Å². The van der Waals surface area contributed by atoms with Crippen molar-refractivity contribution in [3.05, 3.63) is 35.9 Å². The van der Waals surface area contributed by atoms with Crippen LogP contribution < -0.4 is 11.1 Å². The minimum Gasteiger partial charge on any atom is -0.461 e. The van der Waals surface area contributed by atoms with Crippen molar-refractivity contribution in [2.24, 2.45) is 5.73 Å². The maximum atomic E-state index is 11.6. The lowest BCUT2D eigenvalue weighted by Crippen LogP contribution is -2.42. The van der Waals surface area contributed by atoms with E-state index < -0.39 is 12.0 Å². The highest BCUT2D eigenvalue weighted by molar-refractivity contribution is 5.86. The van der Waals surface area contributed by atoms with Crippen LogP contribution in [-0.4, -0.2) is 24.5 Å². The molecule has 0 fully saturated rings. The molecule has 3 N–H and O–H groups in total. The minimum absolute atomic E-state index is 0.106. The van der Waals surface area contributed by atoms with Gasteiger partial charge in [0.2, 0.25) is 5.91 Å². The van der Waals surface area contributed by atoms with Gasteiger partial charge in [0.25, 0.3) is 0 Å². The number of unbranched alkanes of at least 4 members (excludes halogenated alkanes) is 1. The van der Waals surface area contributed by atoms with E-state index in [1.807, 2.05) is 37.3 Å². The van der Waals surface area contributed by atoms with Crippen LogP contribution in [0.3, 0.4) is 0 Å². The smallest absolute Gasteiger partial charge is 0.308 e. The van der Waals surface area contributed by atoms with Gasteiger partial charge in [-0.3, -0.25) is 9.59 Å². The zero-order valence-electron chi connectivity index (χ0n) is 11.8. The Morgan fingerprint density at radius 2 is 2.00 bits per heavy atom. The number of nitrogens with two attached hydrogens (primary N) is 1. The van der Waals surface area contributed by atoms with Gasteiger partial charge in [-0.25, -0.2) is 0 Å². The summed E-state index contributed by atoms with van der Waals surface area (Å²) in [6.07, 6.45) is 1.79. The molecule has 5 heteroatoms. The van der Waals surface area contributed by atoms with E-state index >= 15 is 0 Å². The van der Waals surface area contributed by atoms with Crippen LogP contribution in [-0.2, 0) is 20.9 Å². The number of benzene rings is 1. The Kier molecular flexibility index (Phi) is 7.35. The average Bonchev–Trinajstić information content (AvgIpc) is 2.46. The van der Waals surface area contributed by atoms with Crippen molar-refractivity contribution < 1.29 is 14.3 Å². The number of rotatable bonds is 8. The molecule has 1 rings (SSSR count). The van der Waals surface area contributed by atoms with Gasteiger partial charge < -0.3 is 15.8 Å². The highest BCUT2D eigenvalue weighted by atomic mass is 16.5. The zero-order valence-corrected chi connectivity index (χ0v) is 11.8. The summed E-state index contributed by atoms with van der Waals surface area (Å²) in [6.45, 7) is 2.82. The second-order valence-electron chi connectivity index (χ2n) is 4.60. The molecule has 1 atom stereocenters. The summed E-state index contributed by atoms with van der Waals surface area (Å²) in [7, 11) is 0. The molecule has 5 nitrogen and oxygen atoms in total. The van der Waals surface area contributed by atoms with Gasteiger partial charge in [0.15, 0.2) is 0 Å². The largest absolute Gasteiger partial charge is 0.461 e. The fourth-order valence-electron chi connectivity index (χ4n) is 1.59. The van der Waals surface area contributed by atoms with Crippen LogP contribution in [0.25, 0.3) is 0 Å². The third kappa shape index (κ3) is 6.33. The fourth-order valence-corrected chi connectivity index (χ4v) is 1.59. The van der Waals surface area contributed by atoms with E-state index in [2.05, 4.69) is 5.32 Å². The first-order chi connectivity index (χ1) is 9.63. The molecule has 0 aliphatic rings. The minimum atomic E-state index is -0.852. The van der Waals surface area contributed by atoms with E-state index in [1.165, 1.54) is 0 Å². The summed E-state index contributed by atoms with van der Waals surface area (Å²) < 4.78 is 5.08. The van der Waals surface area contributed by atoms with Gasteiger partial charge >= 0.3 is 5.97 Å². The number of hydrogen-bond donors (Lipinski definition) is 2. The summed E-state index contributed by atoms with van der Waals surface area (Å²) in [5.41, 5.74) is 6.56. The molecule has 0 heterocycles. The molecule has 0 unspecified atom stereocenters. The summed E-state index contributed by atoms with van der Waals surface area (Å²) in [6, 6.07) is 8.51. The Bertz CT molecular complexity index is 420. The Balaban J connectivity index is 2.25.